The summed E-state index contributed by atoms with van der Waals surface area (Å²) in [5.41, 5.74) is 2.23. The summed E-state index contributed by atoms with van der Waals surface area (Å²) in [6.45, 7) is 1.84. The van der Waals surface area contributed by atoms with Gasteiger partial charge in [0, 0.05) is 23.3 Å². The van der Waals surface area contributed by atoms with Gasteiger partial charge in [0.25, 0.3) is 15.9 Å². The van der Waals surface area contributed by atoms with Crippen molar-refractivity contribution in [3.05, 3.63) is 88.9 Å². The lowest BCUT2D eigenvalue weighted by molar-refractivity contribution is 0.102. The SMILES string of the molecule is Cc1ccccc1N(C)S(=O)(=O)c1cccc(C(=O)Nc2ccc(Cl)cc2)c1. The molecule has 1 amide bonds. The number of hydrogen-bond acceptors (Lipinski definition) is 3. The number of hydrogen-bond donors (Lipinski definition) is 1. The van der Waals surface area contributed by atoms with Gasteiger partial charge in [0.2, 0.25) is 0 Å². The van der Waals surface area contributed by atoms with Crippen molar-refractivity contribution in [1.82, 2.24) is 0 Å². The van der Waals surface area contributed by atoms with Gasteiger partial charge in [-0.1, -0.05) is 35.9 Å². The Balaban J connectivity index is 1.88. The summed E-state index contributed by atoms with van der Waals surface area (Å²) in [6, 6.07) is 19.8. The van der Waals surface area contributed by atoms with Crippen LogP contribution >= 0.6 is 11.6 Å². The quantitative estimate of drug-likeness (QED) is 0.656. The zero-order valence-electron chi connectivity index (χ0n) is 15.4. The lowest BCUT2D eigenvalue weighted by Crippen LogP contribution is -2.27. The summed E-state index contributed by atoms with van der Waals surface area (Å²) in [6.07, 6.45) is 0. The van der Waals surface area contributed by atoms with E-state index in [1.165, 1.54) is 23.5 Å². The maximum Gasteiger partial charge on any atom is 0.264 e. The van der Waals surface area contributed by atoms with Crippen LogP contribution in [0.2, 0.25) is 5.02 Å². The highest BCUT2D eigenvalue weighted by atomic mass is 35.5. The number of nitrogens with one attached hydrogen (secondary N) is 1. The van der Waals surface area contributed by atoms with Crippen LogP contribution in [0.15, 0.2) is 77.7 Å². The van der Waals surface area contributed by atoms with Crippen molar-refractivity contribution in [2.24, 2.45) is 0 Å². The second-order valence-electron chi connectivity index (χ2n) is 6.25. The number of para-hydroxylation sites is 1. The third-order valence-electron chi connectivity index (χ3n) is 4.31. The molecule has 0 bridgehead atoms. The Morgan fingerprint density at radius 3 is 2.32 bits per heavy atom. The summed E-state index contributed by atoms with van der Waals surface area (Å²) in [5, 5.41) is 3.29. The normalized spacial score (nSPS) is 11.1. The van der Waals surface area contributed by atoms with Gasteiger partial charge in [-0.05, 0) is 61.0 Å². The Bertz CT molecular complexity index is 1110. The van der Waals surface area contributed by atoms with Crippen LogP contribution in [-0.4, -0.2) is 21.4 Å². The number of nitrogens with zero attached hydrogens (tertiary/aromatic N) is 1. The first-order valence-electron chi connectivity index (χ1n) is 8.50. The van der Waals surface area contributed by atoms with Gasteiger partial charge in [-0.15, -0.1) is 0 Å². The number of carbonyl (C=O) groups excluding carboxylic acids is 1. The van der Waals surface area contributed by atoms with Crippen molar-refractivity contribution in [3.8, 4) is 0 Å². The fourth-order valence-electron chi connectivity index (χ4n) is 2.74. The Morgan fingerprint density at radius 2 is 1.64 bits per heavy atom. The van der Waals surface area contributed by atoms with E-state index in [9.17, 15) is 13.2 Å². The lowest BCUT2D eigenvalue weighted by Gasteiger charge is -2.21. The number of halogens is 1. The van der Waals surface area contributed by atoms with E-state index < -0.39 is 15.9 Å². The number of rotatable bonds is 5. The molecular weight excluding hydrogens is 396 g/mol. The average Bonchev–Trinajstić information content (AvgIpc) is 2.69. The van der Waals surface area contributed by atoms with E-state index in [-0.39, 0.29) is 10.5 Å². The van der Waals surface area contributed by atoms with Gasteiger partial charge >= 0.3 is 0 Å². The van der Waals surface area contributed by atoms with Crippen LogP contribution in [0, 0.1) is 6.92 Å². The van der Waals surface area contributed by atoms with Crippen LogP contribution in [0.25, 0.3) is 0 Å². The first-order chi connectivity index (χ1) is 13.3. The van der Waals surface area contributed by atoms with Gasteiger partial charge in [-0.3, -0.25) is 9.10 Å². The third-order valence-corrected chi connectivity index (χ3v) is 6.33. The van der Waals surface area contributed by atoms with E-state index >= 15 is 0 Å². The molecule has 0 fully saturated rings. The molecule has 0 aromatic heterocycles. The van der Waals surface area contributed by atoms with E-state index in [1.807, 2.05) is 19.1 Å². The van der Waals surface area contributed by atoms with Gasteiger partial charge in [-0.2, -0.15) is 0 Å². The summed E-state index contributed by atoms with van der Waals surface area (Å²) in [4.78, 5) is 12.6. The van der Waals surface area contributed by atoms with Gasteiger partial charge in [-0.25, -0.2) is 8.42 Å². The van der Waals surface area contributed by atoms with E-state index in [0.717, 1.165) is 5.56 Å². The molecule has 0 atom stereocenters. The maximum absolute atomic E-state index is 13.0. The lowest BCUT2D eigenvalue weighted by atomic mass is 10.2. The molecule has 3 aromatic rings. The predicted molar refractivity (Wildman–Crippen MR) is 113 cm³/mol. The van der Waals surface area contributed by atoms with Crippen molar-refractivity contribution >= 4 is 38.9 Å². The molecule has 7 heteroatoms. The van der Waals surface area contributed by atoms with Gasteiger partial charge < -0.3 is 5.32 Å². The molecule has 0 heterocycles. The Morgan fingerprint density at radius 1 is 0.964 bits per heavy atom. The largest absolute Gasteiger partial charge is 0.322 e. The van der Waals surface area contributed by atoms with Crippen molar-refractivity contribution in [1.29, 1.82) is 0 Å². The van der Waals surface area contributed by atoms with Crippen molar-refractivity contribution in [2.45, 2.75) is 11.8 Å². The molecule has 1 N–H and O–H groups in total. The monoisotopic (exact) mass is 414 g/mol. The average molecular weight is 415 g/mol. The Hall–Kier alpha value is -2.83. The minimum absolute atomic E-state index is 0.0435. The molecule has 5 nitrogen and oxygen atoms in total. The van der Waals surface area contributed by atoms with Crippen LogP contribution in [0.5, 0.6) is 0 Å². The standard InChI is InChI=1S/C21H19ClN2O3S/c1-15-6-3-4-9-20(15)24(2)28(26,27)19-8-5-7-16(14-19)21(25)23-18-12-10-17(22)11-13-18/h3-14H,1-2H3,(H,23,25). The number of amides is 1. The minimum atomic E-state index is -3.81. The molecule has 3 aromatic carbocycles. The van der Waals surface area contributed by atoms with Gasteiger partial charge in [0.05, 0.1) is 10.6 Å². The molecule has 0 unspecified atom stereocenters. The zero-order valence-corrected chi connectivity index (χ0v) is 17.0. The Kier molecular flexibility index (Phi) is 5.72. The second kappa shape index (κ2) is 8.04. The maximum atomic E-state index is 13.0. The van der Waals surface area contributed by atoms with Crippen molar-refractivity contribution < 1.29 is 13.2 Å². The fraction of sp³-hybridized carbons (Fsp3) is 0.0952. The van der Waals surface area contributed by atoms with Gasteiger partial charge in [0.1, 0.15) is 0 Å². The van der Waals surface area contributed by atoms with Crippen molar-refractivity contribution in [2.75, 3.05) is 16.7 Å². The molecule has 28 heavy (non-hydrogen) atoms. The predicted octanol–water partition coefficient (Wildman–Crippen LogP) is 4.73. The van der Waals surface area contributed by atoms with E-state index in [4.69, 9.17) is 11.6 Å². The highest BCUT2D eigenvalue weighted by Crippen LogP contribution is 2.25. The summed E-state index contributed by atoms with van der Waals surface area (Å²) >= 11 is 5.84. The first kappa shape index (κ1) is 19.9. The fourth-order valence-corrected chi connectivity index (χ4v) is 4.17. The second-order valence-corrected chi connectivity index (χ2v) is 8.65. The molecule has 144 valence electrons. The van der Waals surface area contributed by atoms with Crippen LogP contribution < -0.4 is 9.62 Å². The molecule has 0 aliphatic carbocycles. The molecule has 0 radical (unpaired) electrons. The van der Waals surface area contributed by atoms with Crippen LogP contribution in [0.3, 0.4) is 0 Å². The highest BCUT2D eigenvalue weighted by molar-refractivity contribution is 7.92. The Labute approximate surface area is 169 Å². The number of carbonyl (C=O) groups is 1. The molecular formula is C21H19ClN2O3S. The molecule has 0 aliphatic rings. The van der Waals surface area contributed by atoms with Crippen LogP contribution in [-0.2, 0) is 10.0 Å². The number of sulfonamides is 1. The minimum Gasteiger partial charge on any atom is -0.322 e. The zero-order chi connectivity index (χ0) is 20.3. The topological polar surface area (TPSA) is 66.5 Å². The summed E-state index contributed by atoms with van der Waals surface area (Å²) in [7, 11) is -2.32. The van der Waals surface area contributed by atoms with Crippen LogP contribution in [0.1, 0.15) is 15.9 Å². The van der Waals surface area contributed by atoms with E-state index in [0.29, 0.717) is 16.4 Å². The first-order valence-corrected chi connectivity index (χ1v) is 10.3. The molecule has 0 saturated carbocycles. The van der Waals surface area contributed by atoms with Crippen molar-refractivity contribution in [3.63, 3.8) is 0 Å². The van der Waals surface area contributed by atoms with Gasteiger partial charge in [0.15, 0.2) is 0 Å². The summed E-state index contributed by atoms with van der Waals surface area (Å²) in [5.74, 6) is -0.405. The molecule has 0 aliphatic heterocycles. The number of aryl methyl sites for hydroxylation is 1. The third kappa shape index (κ3) is 4.18. The van der Waals surface area contributed by atoms with E-state index in [2.05, 4.69) is 5.32 Å². The van der Waals surface area contributed by atoms with E-state index in [1.54, 1.807) is 48.5 Å². The van der Waals surface area contributed by atoms with Crippen LogP contribution in [0.4, 0.5) is 11.4 Å². The molecule has 0 saturated heterocycles. The summed E-state index contributed by atoms with van der Waals surface area (Å²) < 4.78 is 27.3. The number of benzene rings is 3. The number of anilines is 2. The molecule has 3 rings (SSSR count). The highest BCUT2D eigenvalue weighted by Gasteiger charge is 2.23. The molecule has 0 spiro atoms. The smallest absolute Gasteiger partial charge is 0.264 e.